The summed E-state index contributed by atoms with van der Waals surface area (Å²) in [5, 5.41) is 2.84. The van der Waals surface area contributed by atoms with Crippen molar-refractivity contribution in [3.8, 4) is 0 Å². The molecule has 0 saturated heterocycles. The second-order valence-electron chi connectivity index (χ2n) is 5.48. The normalized spacial score (nSPS) is 10.3. The van der Waals surface area contributed by atoms with Crippen molar-refractivity contribution in [2.75, 3.05) is 18.4 Å². The fourth-order valence-electron chi connectivity index (χ4n) is 2.36. The fourth-order valence-corrected chi connectivity index (χ4v) is 2.74. The van der Waals surface area contributed by atoms with Gasteiger partial charge in [0.1, 0.15) is 0 Å². The molecule has 0 aromatic heterocycles. The number of rotatable bonds is 5. The zero-order chi connectivity index (χ0) is 17.7. The van der Waals surface area contributed by atoms with Crippen LogP contribution >= 0.6 is 15.9 Å². The monoisotopic (exact) mass is 388 g/mol. The molecule has 1 N–H and O–H groups in total. The van der Waals surface area contributed by atoms with Crippen LogP contribution in [0.3, 0.4) is 0 Å². The molecule has 0 aliphatic rings. The summed E-state index contributed by atoms with van der Waals surface area (Å²) >= 11 is 3.43. The molecule has 4 nitrogen and oxygen atoms in total. The van der Waals surface area contributed by atoms with Crippen LogP contribution < -0.4 is 5.32 Å². The Hall–Kier alpha value is -2.14. The highest BCUT2D eigenvalue weighted by atomic mass is 79.9. The lowest BCUT2D eigenvalue weighted by Gasteiger charge is -2.19. The molecule has 0 heterocycles. The van der Waals surface area contributed by atoms with E-state index in [2.05, 4.69) is 21.2 Å². The molecule has 0 spiro atoms. The van der Waals surface area contributed by atoms with E-state index >= 15 is 0 Å². The van der Waals surface area contributed by atoms with Gasteiger partial charge in [-0.3, -0.25) is 9.59 Å². The second kappa shape index (κ2) is 8.11. The fraction of sp³-hybridized carbons (Fsp3) is 0.263. The van der Waals surface area contributed by atoms with Gasteiger partial charge in [0.15, 0.2) is 0 Å². The van der Waals surface area contributed by atoms with Gasteiger partial charge in [0.2, 0.25) is 0 Å². The van der Waals surface area contributed by atoms with Crippen LogP contribution in [0.1, 0.15) is 40.1 Å². The van der Waals surface area contributed by atoms with Crippen molar-refractivity contribution in [3.63, 3.8) is 0 Å². The molecule has 5 heteroatoms. The first-order chi connectivity index (χ1) is 11.5. The highest BCUT2D eigenvalue weighted by Crippen LogP contribution is 2.19. The van der Waals surface area contributed by atoms with Gasteiger partial charge in [-0.05, 0) is 56.7 Å². The molecule has 0 fully saturated rings. The van der Waals surface area contributed by atoms with Gasteiger partial charge in [0, 0.05) is 34.4 Å². The predicted octanol–water partition coefficient (Wildman–Crippen LogP) is 4.49. The first-order valence-corrected chi connectivity index (χ1v) is 8.72. The summed E-state index contributed by atoms with van der Waals surface area (Å²) in [4.78, 5) is 26.5. The Bertz CT molecular complexity index is 755. The van der Waals surface area contributed by atoms with E-state index in [1.165, 1.54) is 0 Å². The van der Waals surface area contributed by atoms with E-state index in [9.17, 15) is 9.59 Å². The Balaban J connectivity index is 2.18. The van der Waals surface area contributed by atoms with E-state index in [1.807, 2.05) is 26.8 Å². The largest absolute Gasteiger partial charge is 0.339 e. The summed E-state index contributed by atoms with van der Waals surface area (Å²) in [5.74, 6) is -0.239. The minimum Gasteiger partial charge on any atom is -0.339 e. The third-order valence-corrected chi connectivity index (χ3v) is 4.71. The average Bonchev–Trinajstić information content (AvgIpc) is 2.58. The molecule has 0 unspecified atom stereocenters. The number of carbonyl (C=O) groups excluding carboxylic acids is 2. The van der Waals surface area contributed by atoms with Crippen LogP contribution in [-0.2, 0) is 0 Å². The topological polar surface area (TPSA) is 49.4 Å². The lowest BCUT2D eigenvalue weighted by atomic mass is 10.1. The van der Waals surface area contributed by atoms with E-state index < -0.39 is 0 Å². The lowest BCUT2D eigenvalue weighted by molar-refractivity contribution is 0.0772. The Morgan fingerprint density at radius 3 is 2.38 bits per heavy atom. The highest BCUT2D eigenvalue weighted by molar-refractivity contribution is 9.10. The van der Waals surface area contributed by atoms with Crippen LogP contribution in [0.15, 0.2) is 46.9 Å². The third-order valence-electron chi connectivity index (χ3n) is 3.85. The predicted molar refractivity (Wildman–Crippen MR) is 101 cm³/mol. The Morgan fingerprint density at radius 2 is 1.75 bits per heavy atom. The van der Waals surface area contributed by atoms with E-state index in [-0.39, 0.29) is 11.8 Å². The second-order valence-corrected chi connectivity index (χ2v) is 6.33. The van der Waals surface area contributed by atoms with Gasteiger partial charge in [-0.2, -0.15) is 0 Å². The van der Waals surface area contributed by atoms with Gasteiger partial charge in [-0.15, -0.1) is 0 Å². The van der Waals surface area contributed by atoms with Crippen molar-refractivity contribution in [2.45, 2.75) is 20.8 Å². The molecule has 2 aromatic carbocycles. The van der Waals surface area contributed by atoms with Crippen molar-refractivity contribution in [2.24, 2.45) is 0 Å². The molecule has 0 atom stereocenters. The Morgan fingerprint density at radius 1 is 1.04 bits per heavy atom. The molecule has 0 radical (unpaired) electrons. The highest BCUT2D eigenvalue weighted by Gasteiger charge is 2.14. The number of benzene rings is 2. The molecule has 24 heavy (non-hydrogen) atoms. The smallest absolute Gasteiger partial charge is 0.255 e. The summed E-state index contributed by atoms with van der Waals surface area (Å²) < 4.78 is 0.889. The summed E-state index contributed by atoms with van der Waals surface area (Å²) in [6.45, 7) is 7.17. The van der Waals surface area contributed by atoms with Crippen LogP contribution in [0.25, 0.3) is 0 Å². The lowest BCUT2D eigenvalue weighted by Crippen LogP contribution is -2.30. The van der Waals surface area contributed by atoms with Gasteiger partial charge in [-0.1, -0.05) is 28.1 Å². The zero-order valence-electron chi connectivity index (χ0n) is 14.1. The van der Waals surface area contributed by atoms with E-state index in [4.69, 9.17) is 0 Å². The quantitative estimate of drug-likeness (QED) is 0.819. The number of carbonyl (C=O) groups is 2. The summed E-state index contributed by atoms with van der Waals surface area (Å²) in [5.41, 5.74) is 2.81. The van der Waals surface area contributed by atoms with Gasteiger partial charge in [0.25, 0.3) is 11.8 Å². The van der Waals surface area contributed by atoms with E-state index in [0.717, 1.165) is 10.0 Å². The number of halogens is 1. The van der Waals surface area contributed by atoms with Crippen molar-refractivity contribution in [3.05, 3.63) is 63.6 Å². The molecule has 0 saturated carbocycles. The standard InChI is InChI=1S/C19H21BrN2O2/c1-4-22(5-2)19(24)15-7-6-8-16(11-15)21-18(23)14-10-9-13(3)17(20)12-14/h6-12H,4-5H2,1-3H3,(H,21,23). The number of hydrogen-bond donors (Lipinski definition) is 1. The van der Waals surface area contributed by atoms with E-state index in [1.54, 1.807) is 41.3 Å². The number of anilines is 1. The van der Waals surface area contributed by atoms with Crippen molar-refractivity contribution in [1.82, 2.24) is 4.90 Å². The van der Waals surface area contributed by atoms with Crippen molar-refractivity contribution < 1.29 is 9.59 Å². The van der Waals surface area contributed by atoms with Crippen LogP contribution in [0, 0.1) is 6.92 Å². The average molecular weight is 389 g/mol. The molecule has 2 aromatic rings. The minimum atomic E-state index is -0.205. The summed E-state index contributed by atoms with van der Waals surface area (Å²) in [6.07, 6.45) is 0. The van der Waals surface area contributed by atoms with Gasteiger partial charge in [0.05, 0.1) is 0 Å². The number of amides is 2. The van der Waals surface area contributed by atoms with E-state index in [0.29, 0.717) is 29.9 Å². The molecule has 0 aliphatic carbocycles. The molecule has 2 amide bonds. The maximum absolute atomic E-state index is 12.4. The molecular formula is C19H21BrN2O2. The first-order valence-electron chi connectivity index (χ1n) is 7.93. The number of aryl methyl sites for hydroxylation is 1. The van der Waals surface area contributed by atoms with Gasteiger partial charge in [-0.25, -0.2) is 0 Å². The maximum Gasteiger partial charge on any atom is 0.255 e. The van der Waals surface area contributed by atoms with Crippen LogP contribution in [0.4, 0.5) is 5.69 Å². The van der Waals surface area contributed by atoms with Crippen LogP contribution in [0.2, 0.25) is 0 Å². The minimum absolute atomic E-state index is 0.0332. The molecule has 0 bridgehead atoms. The molecule has 126 valence electrons. The first kappa shape index (κ1) is 18.2. The third kappa shape index (κ3) is 4.23. The van der Waals surface area contributed by atoms with Crippen molar-refractivity contribution in [1.29, 1.82) is 0 Å². The number of nitrogens with one attached hydrogen (secondary N) is 1. The van der Waals surface area contributed by atoms with Crippen LogP contribution in [-0.4, -0.2) is 29.8 Å². The SMILES string of the molecule is CCN(CC)C(=O)c1cccc(NC(=O)c2ccc(C)c(Br)c2)c1. The van der Waals surface area contributed by atoms with Crippen molar-refractivity contribution >= 4 is 33.4 Å². The summed E-state index contributed by atoms with van der Waals surface area (Å²) in [6, 6.07) is 12.5. The number of hydrogen-bond acceptors (Lipinski definition) is 2. The van der Waals surface area contributed by atoms with Crippen LogP contribution in [0.5, 0.6) is 0 Å². The Kier molecular flexibility index (Phi) is 6.15. The number of nitrogens with zero attached hydrogens (tertiary/aromatic N) is 1. The molecule has 2 rings (SSSR count). The van der Waals surface area contributed by atoms with Gasteiger partial charge >= 0.3 is 0 Å². The molecule has 0 aliphatic heterocycles. The molecular weight excluding hydrogens is 368 g/mol. The zero-order valence-corrected chi connectivity index (χ0v) is 15.7. The Labute approximate surface area is 151 Å². The van der Waals surface area contributed by atoms with Gasteiger partial charge < -0.3 is 10.2 Å². The summed E-state index contributed by atoms with van der Waals surface area (Å²) in [7, 11) is 0. The maximum atomic E-state index is 12.4.